The number of hydrogen-bond donors (Lipinski definition) is 0. The van der Waals surface area contributed by atoms with E-state index < -0.39 is 13.3 Å². The van der Waals surface area contributed by atoms with Crippen molar-refractivity contribution in [2.45, 2.75) is 19.5 Å². The predicted octanol–water partition coefficient (Wildman–Crippen LogP) is 1.70. The van der Waals surface area contributed by atoms with Gasteiger partial charge in [0.05, 0.1) is 0 Å². The molecule has 0 saturated heterocycles. The average Bonchev–Trinajstić information content (AvgIpc) is 2.04. The van der Waals surface area contributed by atoms with Gasteiger partial charge in [-0.25, -0.2) is 0 Å². The molecule has 5 heteroatoms. The van der Waals surface area contributed by atoms with Gasteiger partial charge in [0.15, 0.2) is 0 Å². The van der Waals surface area contributed by atoms with Crippen LogP contribution in [0.5, 0.6) is 0 Å². The van der Waals surface area contributed by atoms with E-state index in [1.807, 2.05) is 0 Å². The SMILES string of the molecule is COP(=O)(OC)C(C=O)C(C)C. The van der Waals surface area contributed by atoms with E-state index in [1.165, 1.54) is 14.2 Å². The van der Waals surface area contributed by atoms with Crippen molar-refractivity contribution in [1.29, 1.82) is 0 Å². The van der Waals surface area contributed by atoms with Crippen LogP contribution >= 0.6 is 7.60 Å². The highest BCUT2D eigenvalue weighted by molar-refractivity contribution is 7.55. The van der Waals surface area contributed by atoms with Gasteiger partial charge < -0.3 is 13.8 Å². The Labute approximate surface area is 72.8 Å². The summed E-state index contributed by atoms with van der Waals surface area (Å²) in [5.41, 5.74) is -0.674. The van der Waals surface area contributed by atoms with Crippen LogP contribution < -0.4 is 0 Å². The second kappa shape index (κ2) is 4.75. The van der Waals surface area contributed by atoms with Crippen LogP contribution in [-0.4, -0.2) is 26.2 Å². The molecular weight excluding hydrogens is 179 g/mol. The summed E-state index contributed by atoms with van der Waals surface area (Å²) in [5.74, 6) is -0.0479. The van der Waals surface area contributed by atoms with E-state index in [1.54, 1.807) is 13.8 Å². The minimum Gasteiger partial charge on any atom is -0.311 e. The van der Waals surface area contributed by atoms with Crippen LogP contribution in [0.15, 0.2) is 0 Å². The van der Waals surface area contributed by atoms with Gasteiger partial charge in [-0.2, -0.15) is 0 Å². The van der Waals surface area contributed by atoms with Gasteiger partial charge in [-0.1, -0.05) is 13.8 Å². The molecule has 0 fully saturated rings. The summed E-state index contributed by atoms with van der Waals surface area (Å²) in [7, 11) is -0.654. The van der Waals surface area contributed by atoms with E-state index in [0.717, 1.165) is 0 Å². The average molecular weight is 194 g/mol. The Hall–Kier alpha value is -0.180. The van der Waals surface area contributed by atoms with Crippen molar-refractivity contribution in [3.05, 3.63) is 0 Å². The van der Waals surface area contributed by atoms with Gasteiger partial charge >= 0.3 is 7.60 Å². The zero-order chi connectivity index (χ0) is 9.78. The monoisotopic (exact) mass is 194 g/mol. The number of aldehydes is 1. The Bertz CT molecular complexity index is 182. The lowest BCUT2D eigenvalue weighted by Crippen LogP contribution is -2.19. The van der Waals surface area contributed by atoms with Crippen molar-refractivity contribution in [3.8, 4) is 0 Å². The van der Waals surface area contributed by atoms with Crippen molar-refractivity contribution in [2.24, 2.45) is 5.92 Å². The minimum absolute atomic E-state index is 0.0479. The van der Waals surface area contributed by atoms with E-state index in [-0.39, 0.29) is 5.92 Å². The van der Waals surface area contributed by atoms with Crippen LogP contribution in [0.4, 0.5) is 0 Å². The fourth-order valence-electron chi connectivity index (χ4n) is 0.915. The molecule has 0 aromatic carbocycles. The first-order valence-corrected chi connectivity index (χ1v) is 5.29. The molecular formula is C7H15O4P. The lowest BCUT2D eigenvalue weighted by atomic mass is 10.1. The lowest BCUT2D eigenvalue weighted by Gasteiger charge is -2.22. The summed E-state index contributed by atoms with van der Waals surface area (Å²) in [5, 5.41) is 0. The summed E-state index contributed by atoms with van der Waals surface area (Å²) in [6.45, 7) is 3.59. The normalized spacial score (nSPS) is 14.8. The fraction of sp³-hybridized carbons (Fsp3) is 0.857. The van der Waals surface area contributed by atoms with E-state index in [4.69, 9.17) is 9.05 Å². The summed E-state index contributed by atoms with van der Waals surface area (Å²) in [4.78, 5) is 10.6. The van der Waals surface area contributed by atoms with Gasteiger partial charge in [-0.15, -0.1) is 0 Å². The van der Waals surface area contributed by atoms with E-state index >= 15 is 0 Å². The lowest BCUT2D eigenvalue weighted by molar-refractivity contribution is -0.108. The quantitative estimate of drug-likeness (QED) is 0.493. The molecule has 72 valence electrons. The smallest absolute Gasteiger partial charge is 0.311 e. The van der Waals surface area contributed by atoms with Crippen LogP contribution in [0.1, 0.15) is 13.8 Å². The highest BCUT2D eigenvalue weighted by Gasteiger charge is 2.35. The molecule has 0 saturated carbocycles. The third-order valence-corrected chi connectivity index (χ3v) is 4.16. The number of carbonyl (C=O) groups excluding carboxylic acids is 1. The van der Waals surface area contributed by atoms with E-state index in [0.29, 0.717) is 6.29 Å². The molecule has 0 rings (SSSR count). The Kier molecular flexibility index (Phi) is 4.68. The Morgan fingerprint density at radius 2 is 1.67 bits per heavy atom. The van der Waals surface area contributed by atoms with Gasteiger partial charge in [0.2, 0.25) is 0 Å². The predicted molar refractivity (Wildman–Crippen MR) is 46.3 cm³/mol. The molecule has 12 heavy (non-hydrogen) atoms. The molecule has 0 aromatic rings. The molecule has 0 aliphatic heterocycles. The maximum absolute atomic E-state index is 11.6. The zero-order valence-corrected chi connectivity index (χ0v) is 8.71. The molecule has 0 radical (unpaired) electrons. The molecule has 1 atom stereocenters. The first kappa shape index (κ1) is 11.8. The van der Waals surface area contributed by atoms with Crippen LogP contribution in [0, 0.1) is 5.92 Å². The van der Waals surface area contributed by atoms with E-state index in [9.17, 15) is 9.36 Å². The van der Waals surface area contributed by atoms with Gasteiger partial charge in [-0.05, 0) is 5.92 Å². The van der Waals surface area contributed by atoms with Crippen molar-refractivity contribution in [1.82, 2.24) is 0 Å². The van der Waals surface area contributed by atoms with Gasteiger partial charge in [0.1, 0.15) is 11.9 Å². The molecule has 4 nitrogen and oxygen atoms in total. The largest absolute Gasteiger partial charge is 0.340 e. The van der Waals surface area contributed by atoms with Crippen molar-refractivity contribution in [2.75, 3.05) is 14.2 Å². The maximum atomic E-state index is 11.6. The molecule has 0 N–H and O–H groups in total. The third-order valence-electron chi connectivity index (χ3n) is 1.70. The molecule has 0 spiro atoms. The van der Waals surface area contributed by atoms with E-state index in [2.05, 4.69) is 0 Å². The third kappa shape index (κ3) is 2.41. The molecule has 1 unspecified atom stereocenters. The summed E-state index contributed by atoms with van der Waals surface area (Å²) in [6.07, 6.45) is 0.623. The Balaban J connectivity index is 4.67. The fourth-order valence-corrected chi connectivity index (χ4v) is 2.43. The van der Waals surface area contributed by atoms with Crippen LogP contribution in [0.25, 0.3) is 0 Å². The number of hydrogen-bond acceptors (Lipinski definition) is 4. The first-order chi connectivity index (χ1) is 5.51. The van der Waals surface area contributed by atoms with Crippen molar-refractivity contribution in [3.63, 3.8) is 0 Å². The number of rotatable bonds is 5. The molecule has 0 aliphatic rings. The second-order valence-corrected chi connectivity index (χ2v) is 5.18. The highest BCUT2D eigenvalue weighted by atomic mass is 31.2. The Morgan fingerprint density at radius 3 is 1.75 bits per heavy atom. The summed E-state index contributed by atoms with van der Waals surface area (Å²) in [6, 6.07) is 0. The second-order valence-electron chi connectivity index (χ2n) is 2.78. The standard InChI is InChI=1S/C7H15O4P/c1-6(2)7(5-8)12(9,10-3)11-4/h5-7H,1-4H3. The van der Waals surface area contributed by atoms with Crippen LogP contribution in [0.3, 0.4) is 0 Å². The topological polar surface area (TPSA) is 52.6 Å². The van der Waals surface area contributed by atoms with Crippen LogP contribution in [-0.2, 0) is 18.4 Å². The van der Waals surface area contributed by atoms with Crippen molar-refractivity contribution < 1.29 is 18.4 Å². The molecule has 0 aromatic heterocycles. The van der Waals surface area contributed by atoms with Crippen LogP contribution in [0.2, 0.25) is 0 Å². The first-order valence-electron chi connectivity index (χ1n) is 3.68. The van der Waals surface area contributed by atoms with Crippen molar-refractivity contribution >= 4 is 13.9 Å². The minimum atomic E-state index is -3.22. The molecule has 0 aliphatic carbocycles. The van der Waals surface area contributed by atoms with Gasteiger partial charge in [0, 0.05) is 14.2 Å². The highest BCUT2D eigenvalue weighted by Crippen LogP contribution is 2.53. The number of carbonyl (C=O) groups is 1. The summed E-state index contributed by atoms with van der Waals surface area (Å²) < 4.78 is 21.1. The molecule has 0 bridgehead atoms. The molecule has 0 heterocycles. The van der Waals surface area contributed by atoms with Gasteiger partial charge in [-0.3, -0.25) is 4.57 Å². The summed E-state index contributed by atoms with van der Waals surface area (Å²) >= 11 is 0. The zero-order valence-electron chi connectivity index (χ0n) is 7.81. The molecule has 0 amide bonds. The Morgan fingerprint density at radius 1 is 1.25 bits per heavy atom. The maximum Gasteiger partial charge on any atom is 0.340 e. The van der Waals surface area contributed by atoms with Gasteiger partial charge in [0.25, 0.3) is 0 Å².